The molecule has 1 aliphatic carbocycles. The smallest absolute Gasteiger partial charge is 0.240 e. The molecule has 2 rings (SSSR count). The van der Waals surface area contributed by atoms with Crippen LogP contribution in [-0.4, -0.2) is 11.4 Å². The fourth-order valence-electron chi connectivity index (χ4n) is 1.75. The van der Waals surface area contributed by atoms with Crippen molar-refractivity contribution in [3.05, 3.63) is 34.3 Å². The van der Waals surface area contributed by atoms with E-state index in [-0.39, 0.29) is 5.91 Å². The minimum absolute atomic E-state index is 0.0262. The Bertz CT molecular complexity index is 385. The molecule has 1 aromatic rings. The molecule has 0 atom stereocenters. The quantitative estimate of drug-likeness (QED) is 0.890. The van der Waals surface area contributed by atoms with Crippen molar-refractivity contribution in [1.29, 1.82) is 0 Å². The highest BCUT2D eigenvalue weighted by Gasteiger charge is 2.39. The van der Waals surface area contributed by atoms with Gasteiger partial charge in [0.1, 0.15) is 0 Å². The first-order chi connectivity index (χ1) is 7.60. The zero-order valence-corrected chi connectivity index (χ0v) is 10.6. The van der Waals surface area contributed by atoms with E-state index in [1.807, 2.05) is 24.3 Å². The molecule has 1 aliphatic rings. The average molecular weight is 283 g/mol. The van der Waals surface area contributed by atoms with Gasteiger partial charge in [0.2, 0.25) is 5.91 Å². The summed E-state index contributed by atoms with van der Waals surface area (Å²) in [5.74, 6) is -0.0262. The summed E-state index contributed by atoms with van der Waals surface area (Å²) >= 11 is 3.37. The van der Waals surface area contributed by atoms with Gasteiger partial charge >= 0.3 is 0 Å². The zero-order valence-electron chi connectivity index (χ0n) is 9.00. The highest BCUT2D eigenvalue weighted by molar-refractivity contribution is 9.10. The Morgan fingerprint density at radius 2 is 2.00 bits per heavy atom. The summed E-state index contributed by atoms with van der Waals surface area (Å²) in [6.07, 6.45) is 2.67. The second-order valence-corrected chi connectivity index (χ2v) is 5.23. The van der Waals surface area contributed by atoms with Gasteiger partial charge in [-0.25, -0.2) is 0 Å². The van der Waals surface area contributed by atoms with Crippen molar-refractivity contribution in [1.82, 2.24) is 5.32 Å². The predicted molar refractivity (Wildman–Crippen MR) is 66.8 cm³/mol. The number of carbonyl (C=O) groups is 1. The third-order valence-corrected chi connectivity index (χ3v) is 3.59. The van der Waals surface area contributed by atoms with Gasteiger partial charge in [-0.1, -0.05) is 28.1 Å². The number of rotatable bonds is 3. The summed E-state index contributed by atoms with van der Waals surface area (Å²) in [4.78, 5) is 11.7. The van der Waals surface area contributed by atoms with Crippen molar-refractivity contribution in [2.45, 2.75) is 31.3 Å². The molecule has 0 heterocycles. The lowest BCUT2D eigenvalue weighted by Crippen LogP contribution is -2.58. The number of amides is 1. The SMILES string of the molecule is NC1(C(=O)NCc2ccc(Br)cc2)CCC1. The van der Waals surface area contributed by atoms with Crippen LogP contribution in [0.4, 0.5) is 0 Å². The Morgan fingerprint density at radius 1 is 1.38 bits per heavy atom. The van der Waals surface area contributed by atoms with Gasteiger partial charge in [-0.2, -0.15) is 0 Å². The molecule has 0 spiro atoms. The summed E-state index contributed by atoms with van der Waals surface area (Å²) in [6.45, 7) is 0.547. The Hall–Kier alpha value is -0.870. The van der Waals surface area contributed by atoms with E-state index in [4.69, 9.17) is 5.73 Å². The lowest BCUT2D eigenvalue weighted by atomic mass is 9.77. The molecule has 1 aromatic carbocycles. The highest BCUT2D eigenvalue weighted by Crippen LogP contribution is 2.29. The number of benzene rings is 1. The average Bonchev–Trinajstić information content (AvgIpc) is 2.24. The molecule has 16 heavy (non-hydrogen) atoms. The van der Waals surface area contributed by atoms with E-state index < -0.39 is 5.54 Å². The molecule has 0 saturated heterocycles. The van der Waals surface area contributed by atoms with Gasteiger partial charge in [-0.3, -0.25) is 4.79 Å². The molecular formula is C12H15BrN2O. The maximum atomic E-state index is 11.7. The van der Waals surface area contributed by atoms with Gasteiger partial charge in [0, 0.05) is 11.0 Å². The lowest BCUT2D eigenvalue weighted by molar-refractivity contribution is -0.129. The van der Waals surface area contributed by atoms with E-state index in [1.54, 1.807) is 0 Å². The Labute approximate surface area is 104 Å². The van der Waals surface area contributed by atoms with E-state index >= 15 is 0 Å². The minimum Gasteiger partial charge on any atom is -0.350 e. The Kier molecular flexibility index (Phi) is 3.30. The molecule has 4 heteroatoms. The second-order valence-electron chi connectivity index (χ2n) is 4.32. The number of nitrogens with one attached hydrogen (secondary N) is 1. The minimum atomic E-state index is -0.602. The first kappa shape index (κ1) is 11.6. The van der Waals surface area contributed by atoms with Crippen molar-refractivity contribution in [3.63, 3.8) is 0 Å². The van der Waals surface area contributed by atoms with Gasteiger partial charge in [-0.05, 0) is 37.0 Å². The zero-order chi connectivity index (χ0) is 11.6. The number of hydrogen-bond donors (Lipinski definition) is 2. The normalized spacial score (nSPS) is 17.6. The van der Waals surface area contributed by atoms with Crippen LogP contribution in [-0.2, 0) is 11.3 Å². The molecular weight excluding hydrogens is 268 g/mol. The topological polar surface area (TPSA) is 55.1 Å². The van der Waals surface area contributed by atoms with Crippen LogP contribution in [0.1, 0.15) is 24.8 Å². The van der Waals surface area contributed by atoms with Gasteiger partial charge < -0.3 is 11.1 Å². The van der Waals surface area contributed by atoms with E-state index in [0.717, 1.165) is 29.3 Å². The molecule has 0 aromatic heterocycles. The van der Waals surface area contributed by atoms with Crippen LogP contribution in [0.25, 0.3) is 0 Å². The number of carbonyl (C=O) groups excluding carboxylic acids is 1. The van der Waals surface area contributed by atoms with Gasteiger partial charge in [0.05, 0.1) is 5.54 Å². The number of nitrogens with two attached hydrogens (primary N) is 1. The van der Waals surface area contributed by atoms with E-state index in [1.165, 1.54) is 0 Å². The first-order valence-electron chi connectivity index (χ1n) is 5.42. The fraction of sp³-hybridized carbons (Fsp3) is 0.417. The predicted octanol–water partition coefficient (Wildman–Crippen LogP) is 1.95. The van der Waals surface area contributed by atoms with Crippen molar-refractivity contribution < 1.29 is 4.79 Å². The standard InChI is InChI=1S/C12H15BrN2O/c13-10-4-2-9(3-5-10)8-15-11(16)12(14)6-1-7-12/h2-5H,1,6-8,14H2,(H,15,16). The van der Waals surface area contributed by atoms with Crippen LogP contribution in [0.15, 0.2) is 28.7 Å². The number of halogens is 1. The van der Waals surface area contributed by atoms with Crippen LogP contribution >= 0.6 is 15.9 Å². The van der Waals surface area contributed by atoms with Crippen molar-refractivity contribution in [2.75, 3.05) is 0 Å². The van der Waals surface area contributed by atoms with E-state index in [9.17, 15) is 4.79 Å². The molecule has 0 unspecified atom stereocenters. The molecule has 1 amide bonds. The Balaban J connectivity index is 1.87. The molecule has 0 bridgehead atoms. The van der Waals surface area contributed by atoms with Crippen LogP contribution < -0.4 is 11.1 Å². The van der Waals surface area contributed by atoms with Crippen LogP contribution in [0.5, 0.6) is 0 Å². The van der Waals surface area contributed by atoms with E-state index in [2.05, 4.69) is 21.2 Å². The third kappa shape index (κ3) is 2.44. The van der Waals surface area contributed by atoms with Crippen molar-refractivity contribution >= 4 is 21.8 Å². The molecule has 0 radical (unpaired) electrons. The summed E-state index contributed by atoms with van der Waals surface area (Å²) < 4.78 is 1.04. The molecule has 3 N–H and O–H groups in total. The van der Waals surface area contributed by atoms with Crippen LogP contribution in [0, 0.1) is 0 Å². The molecule has 1 fully saturated rings. The van der Waals surface area contributed by atoms with Crippen LogP contribution in [0.3, 0.4) is 0 Å². The van der Waals surface area contributed by atoms with Gasteiger partial charge in [0.25, 0.3) is 0 Å². The van der Waals surface area contributed by atoms with Crippen LogP contribution in [0.2, 0.25) is 0 Å². The Morgan fingerprint density at radius 3 is 2.50 bits per heavy atom. The monoisotopic (exact) mass is 282 g/mol. The highest BCUT2D eigenvalue weighted by atomic mass is 79.9. The summed E-state index contributed by atoms with van der Waals surface area (Å²) in [5, 5.41) is 2.88. The number of hydrogen-bond acceptors (Lipinski definition) is 2. The fourth-order valence-corrected chi connectivity index (χ4v) is 2.01. The second kappa shape index (κ2) is 4.55. The maximum absolute atomic E-state index is 11.7. The molecule has 3 nitrogen and oxygen atoms in total. The third-order valence-electron chi connectivity index (χ3n) is 3.06. The van der Waals surface area contributed by atoms with Crippen molar-refractivity contribution in [3.8, 4) is 0 Å². The molecule has 1 saturated carbocycles. The van der Waals surface area contributed by atoms with E-state index in [0.29, 0.717) is 6.54 Å². The summed E-state index contributed by atoms with van der Waals surface area (Å²) in [6, 6.07) is 7.88. The summed E-state index contributed by atoms with van der Waals surface area (Å²) in [7, 11) is 0. The van der Waals surface area contributed by atoms with Gasteiger partial charge in [-0.15, -0.1) is 0 Å². The molecule has 86 valence electrons. The van der Waals surface area contributed by atoms with Crippen molar-refractivity contribution in [2.24, 2.45) is 5.73 Å². The molecule has 0 aliphatic heterocycles. The summed E-state index contributed by atoms with van der Waals surface area (Å²) in [5.41, 5.74) is 6.40. The lowest BCUT2D eigenvalue weighted by Gasteiger charge is -2.36. The largest absolute Gasteiger partial charge is 0.350 e. The van der Waals surface area contributed by atoms with Gasteiger partial charge in [0.15, 0.2) is 0 Å². The first-order valence-corrected chi connectivity index (χ1v) is 6.21. The maximum Gasteiger partial charge on any atom is 0.240 e.